The van der Waals surface area contributed by atoms with Gasteiger partial charge in [0.05, 0.1) is 42.8 Å². The topological polar surface area (TPSA) is 69.2 Å². The van der Waals surface area contributed by atoms with Crippen molar-refractivity contribution in [3.8, 4) is 5.88 Å². The van der Waals surface area contributed by atoms with Crippen LogP contribution in [0.25, 0.3) is 0 Å². The lowest BCUT2D eigenvalue weighted by molar-refractivity contribution is 0.0973. The van der Waals surface area contributed by atoms with E-state index >= 15 is 0 Å². The van der Waals surface area contributed by atoms with Gasteiger partial charge in [0.1, 0.15) is 12.4 Å². The van der Waals surface area contributed by atoms with Gasteiger partial charge in [-0.2, -0.15) is 0 Å². The molecule has 25 heavy (non-hydrogen) atoms. The number of ether oxygens (including phenoxy) is 1. The largest absolute Gasteiger partial charge is 0.475 e. The van der Waals surface area contributed by atoms with Crippen LogP contribution in [0.15, 0.2) is 41.5 Å². The normalized spacial score (nSPS) is 17.4. The standard InChI is InChI=1S/C18H21N5O2/c1-13-7-19-8-18(21-13)25-11-14-6-17-16(20-12-22(17)2)10-23(14)9-15-4-3-5-24-15/h3-5,7-8,12,14H,6,9-11H2,1-2H3/t14-/m0/s1. The molecule has 3 aromatic rings. The minimum absolute atomic E-state index is 0.218. The zero-order valence-corrected chi connectivity index (χ0v) is 14.4. The molecule has 3 aromatic heterocycles. The van der Waals surface area contributed by atoms with Crippen molar-refractivity contribution in [2.75, 3.05) is 6.61 Å². The first-order chi connectivity index (χ1) is 12.2. The molecule has 0 fully saturated rings. The number of imidazole rings is 1. The Labute approximate surface area is 146 Å². The molecule has 4 heterocycles. The summed E-state index contributed by atoms with van der Waals surface area (Å²) in [4.78, 5) is 15.4. The summed E-state index contributed by atoms with van der Waals surface area (Å²) in [5, 5.41) is 0. The minimum atomic E-state index is 0.218. The Balaban J connectivity index is 1.52. The van der Waals surface area contributed by atoms with Crippen LogP contribution in [0, 0.1) is 6.92 Å². The van der Waals surface area contributed by atoms with E-state index in [2.05, 4.69) is 24.4 Å². The van der Waals surface area contributed by atoms with E-state index in [4.69, 9.17) is 9.15 Å². The second kappa shape index (κ2) is 6.68. The monoisotopic (exact) mass is 339 g/mol. The highest BCUT2D eigenvalue weighted by Gasteiger charge is 2.30. The van der Waals surface area contributed by atoms with Gasteiger partial charge in [-0.1, -0.05) is 0 Å². The maximum atomic E-state index is 5.93. The number of nitrogens with zero attached hydrogens (tertiary/aromatic N) is 5. The molecule has 1 aliphatic heterocycles. The molecule has 1 atom stereocenters. The Morgan fingerprint density at radius 2 is 2.28 bits per heavy atom. The fourth-order valence-corrected chi connectivity index (χ4v) is 3.22. The summed E-state index contributed by atoms with van der Waals surface area (Å²) in [6.07, 6.45) is 7.84. The van der Waals surface area contributed by atoms with Crippen molar-refractivity contribution in [1.29, 1.82) is 0 Å². The van der Waals surface area contributed by atoms with Crippen LogP contribution in [-0.2, 0) is 26.6 Å². The summed E-state index contributed by atoms with van der Waals surface area (Å²) in [5.74, 6) is 1.51. The highest BCUT2D eigenvalue weighted by Crippen LogP contribution is 2.24. The molecule has 130 valence electrons. The van der Waals surface area contributed by atoms with E-state index in [0.717, 1.165) is 36.7 Å². The quantitative estimate of drug-likeness (QED) is 0.709. The van der Waals surface area contributed by atoms with E-state index in [1.165, 1.54) is 5.69 Å². The third-order valence-electron chi connectivity index (χ3n) is 4.54. The van der Waals surface area contributed by atoms with Gasteiger partial charge in [0.25, 0.3) is 0 Å². The van der Waals surface area contributed by atoms with Crippen molar-refractivity contribution in [3.05, 3.63) is 60.0 Å². The third kappa shape index (κ3) is 3.41. The van der Waals surface area contributed by atoms with Crippen molar-refractivity contribution in [2.24, 2.45) is 7.05 Å². The number of rotatable bonds is 5. The van der Waals surface area contributed by atoms with Crippen LogP contribution < -0.4 is 4.74 Å². The van der Waals surface area contributed by atoms with Gasteiger partial charge in [0.15, 0.2) is 0 Å². The number of hydrogen-bond donors (Lipinski definition) is 0. The second-order valence-corrected chi connectivity index (χ2v) is 6.40. The number of fused-ring (bicyclic) bond motifs is 1. The number of furan rings is 1. The highest BCUT2D eigenvalue weighted by atomic mass is 16.5. The summed E-state index contributed by atoms with van der Waals surface area (Å²) < 4.78 is 13.6. The number of aryl methyl sites for hydroxylation is 2. The summed E-state index contributed by atoms with van der Waals surface area (Å²) >= 11 is 0. The van der Waals surface area contributed by atoms with Gasteiger partial charge in [0, 0.05) is 31.9 Å². The average Bonchev–Trinajstić information content (AvgIpc) is 3.23. The minimum Gasteiger partial charge on any atom is -0.475 e. The van der Waals surface area contributed by atoms with Gasteiger partial charge in [-0.25, -0.2) is 9.97 Å². The van der Waals surface area contributed by atoms with Crippen LogP contribution >= 0.6 is 0 Å². The van der Waals surface area contributed by atoms with Gasteiger partial charge in [-0.3, -0.25) is 9.88 Å². The number of aromatic nitrogens is 4. The number of hydrogen-bond acceptors (Lipinski definition) is 6. The first kappa shape index (κ1) is 15.8. The Morgan fingerprint density at radius 3 is 3.08 bits per heavy atom. The lowest BCUT2D eigenvalue weighted by atomic mass is 10.0. The van der Waals surface area contributed by atoms with E-state index in [0.29, 0.717) is 12.5 Å². The van der Waals surface area contributed by atoms with E-state index in [1.54, 1.807) is 18.7 Å². The molecule has 0 unspecified atom stereocenters. The maximum absolute atomic E-state index is 5.93. The predicted octanol–water partition coefficient (Wildman–Crippen LogP) is 2.12. The molecule has 0 saturated carbocycles. The smallest absolute Gasteiger partial charge is 0.232 e. The zero-order valence-electron chi connectivity index (χ0n) is 14.4. The Hall–Kier alpha value is -2.67. The van der Waals surface area contributed by atoms with Gasteiger partial charge in [-0.15, -0.1) is 0 Å². The predicted molar refractivity (Wildman–Crippen MR) is 90.9 cm³/mol. The Bertz CT molecular complexity index is 843. The lowest BCUT2D eigenvalue weighted by Gasteiger charge is -2.34. The van der Waals surface area contributed by atoms with Crippen molar-refractivity contribution < 1.29 is 9.15 Å². The molecule has 0 N–H and O–H groups in total. The summed E-state index contributed by atoms with van der Waals surface area (Å²) in [7, 11) is 2.04. The summed E-state index contributed by atoms with van der Waals surface area (Å²) in [5.41, 5.74) is 3.24. The van der Waals surface area contributed by atoms with Crippen LogP contribution in [-0.4, -0.2) is 37.1 Å². The average molecular weight is 339 g/mol. The van der Waals surface area contributed by atoms with Crippen molar-refractivity contribution in [3.63, 3.8) is 0 Å². The molecule has 0 amide bonds. The fourth-order valence-electron chi connectivity index (χ4n) is 3.22. The zero-order chi connectivity index (χ0) is 17.2. The molecular formula is C18H21N5O2. The van der Waals surface area contributed by atoms with E-state index in [1.807, 2.05) is 32.4 Å². The van der Waals surface area contributed by atoms with Crippen molar-refractivity contribution >= 4 is 0 Å². The second-order valence-electron chi connectivity index (χ2n) is 6.40. The molecular weight excluding hydrogens is 318 g/mol. The van der Waals surface area contributed by atoms with Crippen LogP contribution in [0.1, 0.15) is 22.8 Å². The maximum Gasteiger partial charge on any atom is 0.232 e. The van der Waals surface area contributed by atoms with E-state index in [9.17, 15) is 0 Å². The van der Waals surface area contributed by atoms with Gasteiger partial charge < -0.3 is 13.7 Å². The molecule has 0 bridgehead atoms. The Morgan fingerprint density at radius 1 is 1.36 bits per heavy atom. The van der Waals surface area contributed by atoms with Crippen LogP contribution in [0.4, 0.5) is 0 Å². The van der Waals surface area contributed by atoms with Gasteiger partial charge in [-0.05, 0) is 19.1 Å². The summed E-state index contributed by atoms with van der Waals surface area (Å²) in [6, 6.07) is 4.13. The van der Waals surface area contributed by atoms with Crippen LogP contribution in [0.2, 0.25) is 0 Å². The first-order valence-corrected chi connectivity index (χ1v) is 8.36. The summed E-state index contributed by atoms with van der Waals surface area (Å²) in [6.45, 7) is 3.97. The molecule has 0 aliphatic carbocycles. The van der Waals surface area contributed by atoms with Gasteiger partial charge in [0.2, 0.25) is 5.88 Å². The molecule has 7 nitrogen and oxygen atoms in total. The molecule has 7 heteroatoms. The SMILES string of the molecule is Cc1cncc(OC[C@@H]2Cc3c(ncn3C)CN2Cc2ccco2)n1. The van der Waals surface area contributed by atoms with Crippen molar-refractivity contribution in [1.82, 2.24) is 24.4 Å². The molecule has 0 aromatic carbocycles. The molecule has 0 radical (unpaired) electrons. The molecule has 4 rings (SSSR count). The first-order valence-electron chi connectivity index (χ1n) is 8.36. The molecule has 0 saturated heterocycles. The third-order valence-corrected chi connectivity index (χ3v) is 4.54. The molecule has 1 aliphatic rings. The van der Waals surface area contributed by atoms with E-state index in [-0.39, 0.29) is 6.04 Å². The van der Waals surface area contributed by atoms with Gasteiger partial charge >= 0.3 is 0 Å². The van der Waals surface area contributed by atoms with E-state index < -0.39 is 0 Å². The molecule has 0 spiro atoms. The lowest BCUT2D eigenvalue weighted by Crippen LogP contribution is -2.44. The van der Waals surface area contributed by atoms with Crippen molar-refractivity contribution in [2.45, 2.75) is 32.5 Å². The van der Waals surface area contributed by atoms with Crippen LogP contribution in [0.5, 0.6) is 5.88 Å². The fraction of sp³-hybridized carbons (Fsp3) is 0.389. The van der Waals surface area contributed by atoms with Crippen LogP contribution in [0.3, 0.4) is 0 Å². The highest BCUT2D eigenvalue weighted by molar-refractivity contribution is 5.19. The Kier molecular flexibility index (Phi) is 4.23.